The summed E-state index contributed by atoms with van der Waals surface area (Å²) in [7, 11) is 3.00. The van der Waals surface area contributed by atoms with Crippen molar-refractivity contribution in [1.29, 1.82) is 0 Å². The van der Waals surface area contributed by atoms with Crippen LogP contribution in [0.1, 0.15) is 28.8 Å². The van der Waals surface area contributed by atoms with E-state index in [9.17, 15) is 14.4 Å². The van der Waals surface area contributed by atoms with Crippen LogP contribution in [0.2, 0.25) is 0 Å². The number of primary amides is 1. The topological polar surface area (TPSA) is 123 Å². The molecule has 1 atom stereocenters. The van der Waals surface area contributed by atoms with Crippen molar-refractivity contribution < 1.29 is 23.9 Å². The number of para-hydroxylation sites is 1. The first-order valence-corrected chi connectivity index (χ1v) is 10.3. The first-order chi connectivity index (χ1) is 15.4. The summed E-state index contributed by atoms with van der Waals surface area (Å²) in [4.78, 5) is 38.6. The third-order valence-corrected chi connectivity index (χ3v) is 5.41. The molecule has 0 bridgehead atoms. The lowest BCUT2D eigenvalue weighted by Crippen LogP contribution is -2.40. The molecule has 32 heavy (non-hydrogen) atoms. The molecule has 2 aromatic rings. The summed E-state index contributed by atoms with van der Waals surface area (Å²) in [5.41, 5.74) is 7.36. The first kappa shape index (κ1) is 23.1. The quantitative estimate of drug-likeness (QED) is 0.543. The van der Waals surface area contributed by atoms with Crippen molar-refractivity contribution in [3.05, 3.63) is 53.6 Å². The molecule has 0 aromatic heterocycles. The molecule has 1 unspecified atom stereocenters. The van der Waals surface area contributed by atoms with E-state index < -0.39 is 5.91 Å². The summed E-state index contributed by atoms with van der Waals surface area (Å²) in [6.45, 7) is 1.08. The van der Waals surface area contributed by atoms with Gasteiger partial charge in [-0.15, -0.1) is 0 Å². The Bertz CT molecular complexity index is 994. The van der Waals surface area contributed by atoms with Crippen LogP contribution in [-0.4, -0.2) is 56.0 Å². The summed E-state index contributed by atoms with van der Waals surface area (Å²) < 4.78 is 10.4. The summed E-state index contributed by atoms with van der Waals surface area (Å²) in [6.07, 6.45) is 1.65. The predicted molar refractivity (Wildman–Crippen MR) is 120 cm³/mol. The number of hydrogen-bond donors (Lipinski definition) is 3. The molecule has 1 heterocycles. The van der Waals surface area contributed by atoms with Crippen LogP contribution in [0.4, 0.5) is 5.69 Å². The smallest absolute Gasteiger partial charge is 0.251 e. The van der Waals surface area contributed by atoms with Crippen LogP contribution in [0.5, 0.6) is 11.5 Å². The van der Waals surface area contributed by atoms with Crippen LogP contribution in [-0.2, 0) is 16.1 Å². The molecule has 0 radical (unpaired) electrons. The maximum atomic E-state index is 12.5. The molecule has 170 valence electrons. The van der Waals surface area contributed by atoms with Crippen molar-refractivity contribution in [2.24, 2.45) is 5.73 Å². The number of rotatable bonds is 9. The van der Waals surface area contributed by atoms with E-state index in [1.54, 1.807) is 24.3 Å². The number of nitrogens with zero attached hydrogens (tertiary/aromatic N) is 1. The summed E-state index contributed by atoms with van der Waals surface area (Å²) in [5, 5.41) is 5.44. The van der Waals surface area contributed by atoms with Crippen LogP contribution >= 0.6 is 0 Å². The fourth-order valence-corrected chi connectivity index (χ4v) is 3.77. The highest BCUT2D eigenvalue weighted by Crippen LogP contribution is 2.27. The number of likely N-dealkylation sites (tertiary alicyclic amines) is 1. The average Bonchev–Trinajstić information content (AvgIpc) is 3.26. The van der Waals surface area contributed by atoms with E-state index in [0.29, 0.717) is 29.3 Å². The second kappa shape index (κ2) is 10.6. The molecule has 9 heteroatoms. The highest BCUT2D eigenvalue weighted by Gasteiger charge is 2.29. The van der Waals surface area contributed by atoms with Gasteiger partial charge in [-0.25, -0.2) is 0 Å². The lowest BCUT2D eigenvalue weighted by Gasteiger charge is -2.23. The number of nitrogens with two attached hydrogens (primary N) is 1. The molecular weight excluding hydrogens is 412 g/mol. The molecule has 0 saturated carbocycles. The third-order valence-electron chi connectivity index (χ3n) is 5.41. The minimum absolute atomic E-state index is 0.199. The molecule has 1 aliphatic heterocycles. The first-order valence-electron chi connectivity index (χ1n) is 10.3. The highest BCUT2D eigenvalue weighted by atomic mass is 16.5. The largest absolute Gasteiger partial charge is 0.493 e. The molecular formula is C23H28N4O5. The molecule has 0 spiro atoms. The zero-order chi connectivity index (χ0) is 23.1. The molecule has 1 fully saturated rings. The van der Waals surface area contributed by atoms with Crippen LogP contribution < -0.4 is 25.8 Å². The third kappa shape index (κ3) is 5.55. The van der Waals surface area contributed by atoms with Crippen LogP contribution in [0.25, 0.3) is 0 Å². The normalized spacial score (nSPS) is 15.8. The Kier molecular flexibility index (Phi) is 7.67. The number of anilines is 1. The van der Waals surface area contributed by atoms with Gasteiger partial charge in [0.25, 0.3) is 5.91 Å². The number of carbonyl (C=O) groups excluding carboxylic acids is 3. The Hall–Kier alpha value is -3.59. The lowest BCUT2D eigenvalue weighted by atomic mass is 10.1. The van der Waals surface area contributed by atoms with Gasteiger partial charge in [-0.3, -0.25) is 19.3 Å². The Labute approximate surface area is 186 Å². The lowest BCUT2D eigenvalue weighted by molar-refractivity contribution is -0.122. The zero-order valence-electron chi connectivity index (χ0n) is 18.2. The number of nitrogens with one attached hydrogen (secondary N) is 2. The minimum atomic E-state index is -0.407. The van der Waals surface area contributed by atoms with Gasteiger partial charge in [0.15, 0.2) is 11.5 Å². The Morgan fingerprint density at radius 2 is 1.84 bits per heavy atom. The summed E-state index contributed by atoms with van der Waals surface area (Å²) in [6, 6.07) is 11.9. The van der Waals surface area contributed by atoms with Crippen molar-refractivity contribution in [1.82, 2.24) is 10.2 Å². The van der Waals surface area contributed by atoms with Crippen molar-refractivity contribution in [2.75, 3.05) is 32.6 Å². The number of carbonyl (C=O) groups is 3. The molecule has 4 N–H and O–H groups in total. The van der Waals surface area contributed by atoms with E-state index in [2.05, 4.69) is 10.6 Å². The Morgan fingerprint density at radius 1 is 1.09 bits per heavy atom. The molecule has 1 aliphatic rings. The standard InChI is InChI=1S/C23H28N4O5/c1-31-19-10-9-15(12-20(19)32-2)23(30)25-13-21(28)26-17-7-4-3-6-16(17)14-27-11-5-8-18(27)22(24)29/h3-4,6-7,9-10,12,18H,5,8,11,13-14H2,1-2H3,(H2,24,29)(H,25,30)(H,26,28). The van der Waals surface area contributed by atoms with E-state index in [0.717, 1.165) is 24.9 Å². The van der Waals surface area contributed by atoms with E-state index in [1.807, 2.05) is 23.1 Å². The van der Waals surface area contributed by atoms with Crippen molar-refractivity contribution in [3.63, 3.8) is 0 Å². The zero-order valence-corrected chi connectivity index (χ0v) is 18.2. The number of benzene rings is 2. The number of methoxy groups -OCH3 is 2. The van der Waals surface area contributed by atoms with Crippen molar-refractivity contribution in [2.45, 2.75) is 25.4 Å². The van der Waals surface area contributed by atoms with E-state index in [1.165, 1.54) is 14.2 Å². The summed E-state index contributed by atoms with van der Waals surface area (Å²) >= 11 is 0. The summed E-state index contributed by atoms with van der Waals surface area (Å²) in [5.74, 6) is -0.165. The number of ether oxygens (including phenoxy) is 2. The number of hydrogen-bond acceptors (Lipinski definition) is 6. The van der Waals surface area contributed by atoms with Crippen molar-refractivity contribution >= 4 is 23.4 Å². The van der Waals surface area contributed by atoms with Gasteiger partial charge in [0.2, 0.25) is 11.8 Å². The molecule has 2 aromatic carbocycles. The van der Waals surface area contributed by atoms with Gasteiger partial charge in [-0.05, 0) is 49.2 Å². The van der Waals surface area contributed by atoms with E-state index in [4.69, 9.17) is 15.2 Å². The molecule has 9 nitrogen and oxygen atoms in total. The fourth-order valence-electron chi connectivity index (χ4n) is 3.77. The average molecular weight is 441 g/mol. The predicted octanol–water partition coefficient (Wildman–Crippen LogP) is 1.52. The maximum Gasteiger partial charge on any atom is 0.251 e. The van der Waals surface area contributed by atoms with Gasteiger partial charge >= 0.3 is 0 Å². The van der Waals surface area contributed by atoms with Gasteiger partial charge in [-0.1, -0.05) is 18.2 Å². The molecule has 0 aliphatic carbocycles. The fraction of sp³-hybridized carbons (Fsp3) is 0.348. The van der Waals surface area contributed by atoms with E-state index in [-0.39, 0.29) is 24.4 Å². The Morgan fingerprint density at radius 3 is 2.56 bits per heavy atom. The van der Waals surface area contributed by atoms with Gasteiger partial charge in [0, 0.05) is 17.8 Å². The molecule has 3 rings (SSSR count). The van der Waals surface area contributed by atoms with E-state index >= 15 is 0 Å². The SMILES string of the molecule is COc1ccc(C(=O)NCC(=O)Nc2ccccc2CN2CCCC2C(N)=O)cc1OC. The number of amides is 3. The van der Waals surface area contributed by atoms with Gasteiger partial charge in [0.05, 0.1) is 26.8 Å². The Balaban J connectivity index is 1.60. The van der Waals surface area contributed by atoms with Gasteiger partial charge < -0.3 is 25.8 Å². The van der Waals surface area contributed by atoms with Gasteiger partial charge in [0.1, 0.15) is 0 Å². The molecule has 1 saturated heterocycles. The van der Waals surface area contributed by atoms with Gasteiger partial charge in [-0.2, -0.15) is 0 Å². The van der Waals surface area contributed by atoms with Crippen LogP contribution in [0.15, 0.2) is 42.5 Å². The molecule has 3 amide bonds. The van der Waals surface area contributed by atoms with Crippen LogP contribution in [0, 0.1) is 0 Å². The second-order valence-electron chi connectivity index (χ2n) is 7.49. The monoisotopic (exact) mass is 440 g/mol. The highest BCUT2D eigenvalue weighted by molar-refractivity contribution is 5.99. The van der Waals surface area contributed by atoms with Crippen LogP contribution in [0.3, 0.4) is 0 Å². The maximum absolute atomic E-state index is 12.5. The minimum Gasteiger partial charge on any atom is -0.493 e. The second-order valence-corrected chi connectivity index (χ2v) is 7.49. The van der Waals surface area contributed by atoms with Crippen molar-refractivity contribution in [3.8, 4) is 11.5 Å².